The molecule has 0 bridgehead atoms. The Kier molecular flexibility index (Phi) is 6.42. The third kappa shape index (κ3) is 6.12. The molecule has 0 aliphatic heterocycles. The van der Waals surface area contributed by atoms with Crippen LogP contribution in [0.2, 0.25) is 0 Å². The zero-order valence-electron chi connectivity index (χ0n) is 11.3. The Morgan fingerprint density at radius 2 is 2.35 bits per heavy atom. The molecule has 0 unspecified atom stereocenters. The van der Waals surface area contributed by atoms with Gasteiger partial charge in [-0.3, -0.25) is 0 Å². The summed E-state index contributed by atoms with van der Waals surface area (Å²) in [6.45, 7) is 5.61. The number of nitrogens with zero attached hydrogens (tertiary/aromatic N) is 2. The fraction of sp³-hybridized carbons (Fsp3) is 0.385. The zero-order chi connectivity index (χ0) is 15.0. The predicted molar refractivity (Wildman–Crippen MR) is 73.9 cm³/mol. The van der Waals surface area contributed by atoms with Gasteiger partial charge in [0.1, 0.15) is 0 Å². The fourth-order valence-corrected chi connectivity index (χ4v) is 1.28. The van der Waals surface area contributed by atoms with Crippen LogP contribution in [0.4, 0.5) is 8.78 Å². The molecule has 0 radical (unpaired) electrons. The Labute approximate surface area is 116 Å². The molecular formula is C13H18F2N4O. The molecule has 0 saturated heterocycles. The van der Waals surface area contributed by atoms with Crippen LogP contribution in [0.5, 0.6) is 5.88 Å². The SMILES string of the molecule is C=C(C)CNC(N)=NCc1cccnc1OCC(F)F. The largest absolute Gasteiger partial charge is 0.471 e. The highest BCUT2D eigenvalue weighted by atomic mass is 19.3. The first-order valence-electron chi connectivity index (χ1n) is 6.02. The minimum Gasteiger partial charge on any atom is -0.471 e. The number of ether oxygens (including phenoxy) is 1. The molecule has 0 spiro atoms. The molecule has 0 aliphatic carbocycles. The first-order chi connectivity index (χ1) is 9.49. The highest BCUT2D eigenvalue weighted by Crippen LogP contribution is 2.16. The van der Waals surface area contributed by atoms with Crippen LogP contribution >= 0.6 is 0 Å². The van der Waals surface area contributed by atoms with Crippen LogP contribution < -0.4 is 15.8 Å². The maximum absolute atomic E-state index is 12.1. The number of nitrogens with two attached hydrogens (primary N) is 1. The summed E-state index contributed by atoms with van der Waals surface area (Å²) in [4.78, 5) is 7.99. The topological polar surface area (TPSA) is 72.5 Å². The molecule has 110 valence electrons. The van der Waals surface area contributed by atoms with Gasteiger partial charge in [0.2, 0.25) is 5.88 Å². The summed E-state index contributed by atoms with van der Waals surface area (Å²) >= 11 is 0. The van der Waals surface area contributed by atoms with Gasteiger partial charge in [-0.05, 0) is 13.0 Å². The van der Waals surface area contributed by atoms with Gasteiger partial charge in [-0.2, -0.15) is 0 Å². The van der Waals surface area contributed by atoms with Crippen molar-refractivity contribution >= 4 is 5.96 Å². The summed E-state index contributed by atoms with van der Waals surface area (Å²) in [5.41, 5.74) is 7.17. The van der Waals surface area contributed by atoms with Crippen LogP contribution in [0.15, 0.2) is 35.5 Å². The molecule has 1 heterocycles. The number of nitrogens with one attached hydrogen (secondary N) is 1. The lowest BCUT2D eigenvalue weighted by Gasteiger charge is -2.09. The minimum atomic E-state index is -2.55. The van der Waals surface area contributed by atoms with Gasteiger partial charge in [0.15, 0.2) is 12.6 Å². The Balaban J connectivity index is 2.62. The van der Waals surface area contributed by atoms with Crippen molar-refractivity contribution in [2.45, 2.75) is 19.9 Å². The monoisotopic (exact) mass is 284 g/mol. The second-order valence-corrected chi connectivity index (χ2v) is 4.18. The van der Waals surface area contributed by atoms with Crippen LogP contribution in [-0.4, -0.2) is 30.5 Å². The van der Waals surface area contributed by atoms with E-state index in [1.807, 2.05) is 6.92 Å². The molecular weight excluding hydrogens is 266 g/mol. The molecule has 0 fully saturated rings. The van der Waals surface area contributed by atoms with E-state index in [4.69, 9.17) is 10.5 Å². The van der Waals surface area contributed by atoms with Crippen LogP contribution in [-0.2, 0) is 6.54 Å². The maximum atomic E-state index is 12.1. The van der Waals surface area contributed by atoms with Gasteiger partial charge in [-0.25, -0.2) is 18.8 Å². The van der Waals surface area contributed by atoms with Gasteiger partial charge in [-0.15, -0.1) is 0 Å². The van der Waals surface area contributed by atoms with Gasteiger partial charge in [-0.1, -0.05) is 18.2 Å². The van der Waals surface area contributed by atoms with Crippen molar-refractivity contribution in [1.29, 1.82) is 0 Å². The molecule has 0 saturated carbocycles. The molecule has 3 N–H and O–H groups in total. The Hall–Kier alpha value is -2.18. The molecule has 7 heteroatoms. The van der Waals surface area contributed by atoms with Gasteiger partial charge < -0.3 is 15.8 Å². The van der Waals surface area contributed by atoms with E-state index in [0.717, 1.165) is 5.57 Å². The van der Waals surface area contributed by atoms with Gasteiger partial charge >= 0.3 is 0 Å². The summed E-state index contributed by atoms with van der Waals surface area (Å²) < 4.78 is 29.2. The van der Waals surface area contributed by atoms with Gasteiger partial charge in [0, 0.05) is 18.3 Å². The quantitative estimate of drug-likeness (QED) is 0.454. The second-order valence-electron chi connectivity index (χ2n) is 4.18. The maximum Gasteiger partial charge on any atom is 0.272 e. The second kappa shape index (κ2) is 8.08. The minimum absolute atomic E-state index is 0.143. The molecule has 1 aromatic heterocycles. The van der Waals surface area contributed by atoms with Crippen molar-refractivity contribution in [3.8, 4) is 5.88 Å². The third-order valence-corrected chi connectivity index (χ3v) is 2.19. The van der Waals surface area contributed by atoms with E-state index >= 15 is 0 Å². The summed E-state index contributed by atoms with van der Waals surface area (Å²) in [6, 6.07) is 3.38. The number of alkyl halides is 2. The van der Waals surface area contributed by atoms with E-state index in [1.165, 1.54) is 6.20 Å². The number of aliphatic imine (C=N–C) groups is 1. The first kappa shape index (κ1) is 15.9. The number of aromatic nitrogens is 1. The van der Waals surface area contributed by atoms with Crippen LogP contribution in [0.1, 0.15) is 12.5 Å². The van der Waals surface area contributed by atoms with Crippen molar-refractivity contribution in [1.82, 2.24) is 10.3 Å². The lowest BCUT2D eigenvalue weighted by atomic mass is 10.3. The Morgan fingerprint density at radius 1 is 1.60 bits per heavy atom. The summed E-state index contributed by atoms with van der Waals surface area (Å²) in [5, 5.41) is 2.87. The molecule has 20 heavy (non-hydrogen) atoms. The van der Waals surface area contributed by atoms with E-state index in [-0.39, 0.29) is 18.4 Å². The molecule has 0 amide bonds. The van der Waals surface area contributed by atoms with Gasteiger partial charge in [0.25, 0.3) is 6.43 Å². The number of hydrogen-bond acceptors (Lipinski definition) is 3. The van der Waals surface area contributed by atoms with Crippen LogP contribution in [0, 0.1) is 0 Å². The predicted octanol–water partition coefficient (Wildman–Crippen LogP) is 1.71. The number of pyridine rings is 1. The van der Waals surface area contributed by atoms with E-state index < -0.39 is 13.0 Å². The van der Waals surface area contributed by atoms with Crippen molar-refractivity contribution in [3.05, 3.63) is 36.0 Å². The Morgan fingerprint density at radius 3 is 3.00 bits per heavy atom. The lowest BCUT2D eigenvalue weighted by molar-refractivity contribution is 0.0791. The van der Waals surface area contributed by atoms with E-state index in [0.29, 0.717) is 12.1 Å². The number of rotatable bonds is 7. The van der Waals surface area contributed by atoms with E-state index in [2.05, 4.69) is 21.9 Å². The van der Waals surface area contributed by atoms with Gasteiger partial charge in [0.05, 0.1) is 6.54 Å². The molecule has 0 aliphatic rings. The molecule has 0 atom stereocenters. The van der Waals surface area contributed by atoms with Crippen molar-refractivity contribution < 1.29 is 13.5 Å². The first-order valence-corrected chi connectivity index (χ1v) is 6.02. The van der Waals surface area contributed by atoms with E-state index in [9.17, 15) is 8.78 Å². The van der Waals surface area contributed by atoms with Crippen molar-refractivity contribution in [3.63, 3.8) is 0 Å². The third-order valence-electron chi connectivity index (χ3n) is 2.19. The average Bonchev–Trinajstić information content (AvgIpc) is 2.41. The average molecular weight is 284 g/mol. The highest BCUT2D eigenvalue weighted by molar-refractivity contribution is 5.78. The summed E-state index contributed by atoms with van der Waals surface area (Å²) in [5.74, 6) is 0.390. The Bertz CT molecular complexity index is 477. The number of hydrogen-bond donors (Lipinski definition) is 2. The number of guanidine groups is 1. The lowest BCUT2D eigenvalue weighted by Crippen LogP contribution is -2.32. The molecule has 1 rings (SSSR count). The normalized spacial score (nSPS) is 11.5. The summed E-state index contributed by atoms with van der Waals surface area (Å²) in [6.07, 6.45) is -1.08. The smallest absolute Gasteiger partial charge is 0.272 e. The summed E-state index contributed by atoms with van der Waals surface area (Å²) in [7, 11) is 0. The van der Waals surface area contributed by atoms with Crippen molar-refractivity contribution in [2.24, 2.45) is 10.7 Å². The molecule has 1 aromatic rings. The zero-order valence-corrected chi connectivity index (χ0v) is 11.3. The van der Waals surface area contributed by atoms with Crippen LogP contribution in [0.3, 0.4) is 0 Å². The van der Waals surface area contributed by atoms with E-state index in [1.54, 1.807) is 12.1 Å². The van der Waals surface area contributed by atoms with Crippen molar-refractivity contribution in [2.75, 3.05) is 13.2 Å². The van der Waals surface area contributed by atoms with Crippen LogP contribution in [0.25, 0.3) is 0 Å². The molecule has 0 aromatic carbocycles. The fourth-order valence-electron chi connectivity index (χ4n) is 1.28. The number of halogens is 2. The highest BCUT2D eigenvalue weighted by Gasteiger charge is 2.08. The standard InChI is InChI=1S/C13H18F2N4O/c1-9(2)6-18-13(16)19-7-10-4-3-5-17-12(10)20-8-11(14)15/h3-5,11H,1,6-8H2,2H3,(H3,16,18,19). The molecule has 5 nitrogen and oxygen atoms in total.